The van der Waals surface area contributed by atoms with E-state index in [2.05, 4.69) is 22.8 Å². The summed E-state index contributed by atoms with van der Waals surface area (Å²) in [5, 5.41) is 8.49. The number of rotatable bonds is 3. The van der Waals surface area contributed by atoms with E-state index in [-0.39, 0.29) is 11.6 Å². The van der Waals surface area contributed by atoms with Crippen LogP contribution in [0, 0.1) is 17.4 Å². The molecule has 4 nitrogen and oxygen atoms in total. The number of hydrogen-bond donors (Lipinski definition) is 0. The molecule has 0 saturated carbocycles. The molecule has 88 valence electrons. The lowest BCUT2D eigenvalue weighted by atomic mass is 9.87. The fraction of sp³-hybridized carbons (Fsp3) is 0.583. The monoisotopic (exact) mass is 221 g/mol. The van der Waals surface area contributed by atoms with Crippen molar-refractivity contribution in [2.24, 2.45) is 5.92 Å². The van der Waals surface area contributed by atoms with E-state index in [4.69, 9.17) is 10.00 Å². The molecule has 0 bridgehead atoms. The van der Waals surface area contributed by atoms with Gasteiger partial charge in [0, 0.05) is 5.92 Å². The first-order chi connectivity index (χ1) is 7.45. The molecular formula is C12H19N3O. The van der Waals surface area contributed by atoms with Gasteiger partial charge in [0.1, 0.15) is 5.76 Å². The summed E-state index contributed by atoms with van der Waals surface area (Å²) in [6.07, 6.45) is 7.60. The number of allylic oxidation sites excluding steroid dienone is 1. The highest BCUT2D eigenvalue weighted by molar-refractivity contribution is 5.28. The van der Waals surface area contributed by atoms with Gasteiger partial charge < -0.3 is 4.74 Å². The molecule has 0 aromatic rings. The summed E-state index contributed by atoms with van der Waals surface area (Å²) in [6, 6.07) is 0. The summed E-state index contributed by atoms with van der Waals surface area (Å²) in [4.78, 5) is 4.32. The predicted molar refractivity (Wildman–Crippen MR) is 63.2 cm³/mol. The van der Waals surface area contributed by atoms with Gasteiger partial charge in [0.15, 0.2) is 0 Å². The molecule has 0 aromatic heterocycles. The Bertz CT molecular complexity index is 342. The minimum absolute atomic E-state index is 0.164. The van der Waals surface area contributed by atoms with Crippen molar-refractivity contribution in [3.63, 3.8) is 0 Å². The second kappa shape index (κ2) is 4.69. The number of nitriles is 1. The Labute approximate surface area is 97.4 Å². The summed E-state index contributed by atoms with van der Waals surface area (Å²) in [6.45, 7) is 2.12. The third-order valence-corrected chi connectivity index (χ3v) is 3.17. The molecule has 1 unspecified atom stereocenters. The molecule has 0 heterocycles. The summed E-state index contributed by atoms with van der Waals surface area (Å²) in [5.74, 6) is 0.861. The number of hydrogen-bond acceptors (Lipinski definition) is 4. The third-order valence-electron chi connectivity index (χ3n) is 3.17. The Morgan fingerprint density at radius 2 is 1.88 bits per heavy atom. The molecule has 0 aliphatic heterocycles. The molecule has 0 N–H and O–H groups in total. The van der Waals surface area contributed by atoms with Crippen molar-refractivity contribution in [1.29, 1.82) is 5.26 Å². The zero-order valence-corrected chi connectivity index (χ0v) is 10.6. The SMILES string of the molecule is CC1C=C(OC#N)C=CC1(N(C)C)N(C)C. The highest BCUT2D eigenvalue weighted by Crippen LogP contribution is 2.32. The largest absolute Gasteiger partial charge is 0.388 e. The molecule has 1 aliphatic rings. The normalized spacial score (nSPS) is 23.1. The minimum Gasteiger partial charge on any atom is -0.388 e. The smallest absolute Gasteiger partial charge is 0.292 e. The van der Waals surface area contributed by atoms with Crippen LogP contribution in [0.25, 0.3) is 0 Å². The van der Waals surface area contributed by atoms with Crippen LogP contribution in [0.4, 0.5) is 0 Å². The van der Waals surface area contributed by atoms with E-state index in [1.807, 2.05) is 40.3 Å². The van der Waals surface area contributed by atoms with Crippen molar-refractivity contribution in [1.82, 2.24) is 9.80 Å². The maximum absolute atomic E-state index is 8.49. The van der Waals surface area contributed by atoms with Gasteiger partial charge in [-0.15, -0.1) is 5.26 Å². The first kappa shape index (κ1) is 12.8. The van der Waals surface area contributed by atoms with Crippen molar-refractivity contribution in [3.8, 4) is 6.26 Å². The molecule has 0 spiro atoms. The topological polar surface area (TPSA) is 39.5 Å². The van der Waals surface area contributed by atoms with Gasteiger partial charge in [0.25, 0.3) is 6.26 Å². The molecule has 16 heavy (non-hydrogen) atoms. The summed E-state index contributed by atoms with van der Waals surface area (Å²) in [5.41, 5.74) is -0.164. The van der Waals surface area contributed by atoms with Crippen molar-refractivity contribution in [2.75, 3.05) is 28.2 Å². The van der Waals surface area contributed by atoms with Gasteiger partial charge in [-0.3, -0.25) is 9.80 Å². The lowest BCUT2D eigenvalue weighted by Crippen LogP contribution is -2.58. The van der Waals surface area contributed by atoms with E-state index in [1.54, 1.807) is 6.26 Å². The molecule has 1 aliphatic carbocycles. The average Bonchev–Trinajstić information content (AvgIpc) is 2.17. The molecule has 0 amide bonds. The molecule has 0 radical (unpaired) electrons. The van der Waals surface area contributed by atoms with E-state index in [0.717, 1.165) is 0 Å². The number of ether oxygens (including phenoxy) is 1. The highest BCUT2D eigenvalue weighted by Gasteiger charge is 2.39. The van der Waals surface area contributed by atoms with Gasteiger partial charge in [-0.1, -0.05) is 6.92 Å². The molecular weight excluding hydrogens is 202 g/mol. The first-order valence-corrected chi connectivity index (χ1v) is 5.27. The Hall–Kier alpha value is -1.31. The van der Waals surface area contributed by atoms with E-state index in [9.17, 15) is 0 Å². The van der Waals surface area contributed by atoms with Crippen LogP contribution in [0.15, 0.2) is 24.0 Å². The van der Waals surface area contributed by atoms with Crippen LogP contribution in [0.3, 0.4) is 0 Å². The van der Waals surface area contributed by atoms with Crippen molar-refractivity contribution in [2.45, 2.75) is 12.6 Å². The number of nitrogens with zero attached hydrogens (tertiary/aromatic N) is 3. The fourth-order valence-corrected chi connectivity index (χ4v) is 2.41. The predicted octanol–water partition coefficient (Wildman–Crippen LogP) is 1.39. The van der Waals surface area contributed by atoms with E-state index < -0.39 is 0 Å². The first-order valence-electron chi connectivity index (χ1n) is 5.27. The van der Waals surface area contributed by atoms with Crippen LogP contribution in [0.2, 0.25) is 0 Å². The fourth-order valence-electron chi connectivity index (χ4n) is 2.41. The standard InChI is InChI=1S/C12H19N3O/c1-10-8-11(16-9-13)6-7-12(10,14(2)3)15(4)5/h6-8,10H,1-5H3. The third kappa shape index (κ3) is 1.97. The van der Waals surface area contributed by atoms with Gasteiger partial charge in [-0.05, 0) is 46.4 Å². The summed E-state index contributed by atoms with van der Waals surface area (Å²) < 4.78 is 4.85. The van der Waals surface area contributed by atoms with Crippen LogP contribution in [-0.4, -0.2) is 43.7 Å². The van der Waals surface area contributed by atoms with E-state index >= 15 is 0 Å². The second-order valence-corrected chi connectivity index (χ2v) is 4.46. The maximum atomic E-state index is 8.49. The van der Waals surface area contributed by atoms with Gasteiger partial charge in [-0.25, -0.2) is 0 Å². The molecule has 4 heteroatoms. The quantitative estimate of drug-likeness (QED) is 0.533. The van der Waals surface area contributed by atoms with E-state index in [0.29, 0.717) is 5.76 Å². The van der Waals surface area contributed by atoms with Crippen molar-refractivity contribution in [3.05, 3.63) is 24.0 Å². The zero-order chi connectivity index (χ0) is 12.3. The summed E-state index contributed by atoms with van der Waals surface area (Å²) >= 11 is 0. The van der Waals surface area contributed by atoms with E-state index in [1.165, 1.54) is 0 Å². The maximum Gasteiger partial charge on any atom is 0.292 e. The molecule has 0 saturated heterocycles. The average molecular weight is 221 g/mol. The second-order valence-electron chi connectivity index (χ2n) is 4.46. The Balaban J connectivity index is 3.04. The van der Waals surface area contributed by atoms with Gasteiger partial charge in [0.2, 0.25) is 0 Å². The minimum atomic E-state index is -0.164. The van der Waals surface area contributed by atoms with Gasteiger partial charge >= 0.3 is 0 Å². The summed E-state index contributed by atoms with van der Waals surface area (Å²) in [7, 11) is 8.19. The number of likely N-dealkylation sites (N-methyl/N-ethyl adjacent to an activating group) is 2. The lowest BCUT2D eigenvalue weighted by molar-refractivity contribution is 0.0145. The lowest BCUT2D eigenvalue weighted by Gasteiger charge is -2.47. The van der Waals surface area contributed by atoms with Gasteiger partial charge in [0.05, 0.1) is 5.66 Å². The molecule has 0 aromatic carbocycles. The Morgan fingerprint density at radius 1 is 1.31 bits per heavy atom. The molecule has 1 atom stereocenters. The van der Waals surface area contributed by atoms with Crippen molar-refractivity contribution < 1.29 is 4.74 Å². The molecule has 1 rings (SSSR count). The molecule has 0 fully saturated rings. The zero-order valence-electron chi connectivity index (χ0n) is 10.6. The van der Waals surface area contributed by atoms with Crippen LogP contribution >= 0.6 is 0 Å². The highest BCUT2D eigenvalue weighted by atomic mass is 16.5. The van der Waals surface area contributed by atoms with Crippen LogP contribution < -0.4 is 0 Å². The van der Waals surface area contributed by atoms with Crippen LogP contribution in [0.5, 0.6) is 0 Å². The van der Waals surface area contributed by atoms with Crippen molar-refractivity contribution >= 4 is 0 Å². The Kier molecular flexibility index (Phi) is 3.74. The van der Waals surface area contributed by atoms with Crippen LogP contribution in [0.1, 0.15) is 6.92 Å². The van der Waals surface area contributed by atoms with Gasteiger partial charge in [-0.2, -0.15) is 0 Å². The van der Waals surface area contributed by atoms with Crippen LogP contribution in [-0.2, 0) is 4.74 Å². The Morgan fingerprint density at radius 3 is 2.25 bits per heavy atom.